The van der Waals surface area contributed by atoms with Crippen molar-refractivity contribution >= 4 is 15.9 Å². The Morgan fingerprint density at radius 1 is 1.58 bits per heavy atom. The summed E-state index contributed by atoms with van der Waals surface area (Å²) in [5.74, 6) is 0. The number of halogens is 4. The summed E-state index contributed by atoms with van der Waals surface area (Å²) >= 11 is 2.78. The van der Waals surface area contributed by atoms with Gasteiger partial charge in [-0.2, -0.15) is 13.2 Å². The quantitative estimate of drug-likeness (QED) is 0.681. The molecule has 0 aromatic carbocycles. The molecular formula is C7H5BrF3N. The average Bonchev–Trinajstić information content (AvgIpc) is 1.99. The molecule has 1 aromatic rings. The predicted octanol–water partition coefficient (Wildman–Crippen LogP) is 3.17. The topological polar surface area (TPSA) is 12.9 Å². The molecule has 12 heavy (non-hydrogen) atoms. The minimum atomic E-state index is -4.57. The van der Waals surface area contributed by atoms with Gasteiger partial charge in [-0.05, 0) is 18.5 Å². The number of pyridine rings is 1. The Kier molecular flexibility index (Phi) is 1.51. The fourth-order valence-electron chi connectivity index (χ4n) is 0.586. The first-order valence-electron chi connectivity index (χ1n) is 4.35. The highest BCUT2D eigenvalue weighted by molar-refractivity contribution is 9.10. The molecule has 0 N–H and O–H groups in total. The van der Waals surface area contributed by atoms with Gasteiger partial charge in [-0.1, -0.05) is 15.9 Å². The third-order valence-corrected chi connectivity index (χ3v) is 1.80. The number of nitrogens with zero attached hydrogens (tertiary/aromatic N) is 1. The predicted molar refractivity (Wildman–Crippen MR) is 41.7 cm³/mol. The highest BCUT2D eigenvalue weighted by atomic mass is 79.9. The molecule has 0 aliphatic carbocycles. The van der Waals surface area contributed by atoms with Crippen LogP contribution in [0.25, 0.3) is 0 Å². The van der Waals surface area contributed by atoms with Crippen LogP contribution in [0.5, 0.6) is 0 Å². The zero-order valence-electron chi connectivity index (χ0n) is 8.61. The molecule has 1 heterocycles. The molecule has 1 rings (SSSR count). The molecule has 66 valence electrons. The first-order chi connectivity index (χ1) is 6.62. The first kappa shape index (κ1) is 5.96. The second-order valence-electron chi connectivity index (χ2n) is 2.05. The number of aromatic nitrogens is 1. The third kappa shape index (κ3) is 1.97. The lowest BCUT2D eigenvalue weighted by atomic mass is 10.3. The van der Waals surface area contributed by atoms with E-state index in [1.165, 1.54) is 0 Å². The highest BCUT2D eigenvalue weighted by Crippen LogP contribution is 2.29. The van der Waals surface area contributed by atoms with E-state index in [1.54, 1.807) is 0 Å². The Hall–Kier alpha value is -0.580. The summed E-state index contributed by atoms with van der Waals surface area (Å²) in [5.41, 5.74) is -1.36. The number of hydrogen-bond donors (Lipinski definition) is 0. The van der Waals surface area contributed by atoms with Gasteiger partial charge in [0.1, 0.15) is 5.69 Å². The molecule has 1 nitrogen and oxygen atoms in total. The fraction of sp³-hybridized carbons (Fsp3) is 0.286. The number of hydrogen-bond acceptors (Lipinski definition) is 1. The minimum Gasteiger partial charge on any atom is -0.251 e. The monoisotopic (exact) mass is 242 g/mol. The van der Waals surface area contributed by atoms with Gasteiger partial charge >= 0.3 is 6.18 Å². The van der Waals surface area contributed by atoms with Crippen LogP contribution >= 0.6 is 15.9 Å². The number of aryl methyl sites for hydroxylation is 1. The van der Waals surface area contributed by atoms with Crippen LogP contribution in [0.15, 0.2) is 16.7 Å². The Balaban J connectivity index is 3.21. The molecule has 0 aliphatic rings. The number of rotatable bonds is 0. The summed E-state index contributed by atoms with van der Waals surface area (Å²) in [6.45, 7) is -2.48. The van der Waals surface area contributed by atoms with Crippen molar-refractivity contribution in [3.8, 4) is 0 Å². The third-order valence-electron chi connectivity index (χ3n) is 1.14. The van der Waals surface area contributed by atoms with Gasteiger partial charge in [-0.15, -0.1) is 0 Å². The molecule has 0 unspecified atom stereocenters. The molecule has 0 saturated heterocycles. The van der Waals surface area contributed by atoms with E-state index in [9.17, 15) is 13.2 Å². The first-order valence-corrected chi connectivity index (χ1v) is 3.65. The van der Waals surface area contributed by atoms with E-state index in [2.05, 4.69) is 20.9 Å². The molecule has 0 amide bonds. The van der Waals surface area contributed by atoms with Crippen molar-refractivity contribution in [1.29, 1.82) is 0 Å². The maximum atomic E-state index is 12.2. The van der Waals surface area contributed by atoms with Crippen molar-refractivity contribution < 1.29 is 17.3 Å². The van der Waals surface area contributed by atoms with Crippen LogP contribution in [0.4, 0.5) is 13.2 Å². The van der Waals surface area contributed by atoms with Crippen molar-refractivity contribution in [3.63, 3.8) is 0 Å². The minimum absolute atomic E-state index is 0.121. The Morgan fingerprint density at radius 2 is 2.25 bits per heavy atom. The van der Waals surface area contributed by atoms with E-state index >= 15 is 0 Å². The zero-order chi connectivity index (χ0) is 11.9. The van der Waals surface area contributed by atoms with Crippen LogP contribution in [-0.4, -0.2) is 4.98 Å². The van der Waals surface area contributed by atoms with Gasteiger partial charge < -0.3 is 0 Å². The Bertz CT molecular complexity index is 375. The maximum absolute atomic E-state index is 12.2. The van der Waals surface area contributed by atoms with Gasteiger partial charge in [0.15, 0.2) is 0 Å². The van der Waals surface area contributed by atoms with Gasteiger partial charge in [0.25, 0.3) is 0 Å². The molecule has 0 saturated carbocycles. The van der Waals surface area contributed by atoms with Crippen LogP contribution < -0.4 is 0 Å². The molecule has 1 aromatic heterocycles. The lowest BCUT2D eigenvalue weighted by Gasteiger charge is -2.06. The molecule has 0 bridgehead atoms. The van der Waals surface area contributed by atoms with E-state index in [-0.39, 0.29) is 10.0 Å². The van der Waals surface area contributed by atoms with Crippen molar-refractivity contribution in [1.82, 2.24) is 4.98 Å². The largest absolute Gasteiger partial charge is 0.433 e. The molecule has 0 atom stereocenters. The average molecular weight is 243 g/mol. The molecule has 0 spiro atoms. The summed E-state index contributed by atoms with van der Waals surface area (Å²) in [7, 11) is 0. The zero-order valence-corrected chi connectivity index (χ0v) is 7.20. The van der Waals surface area contributed by atoms with Crippen molar-refractivity contribution in [2.24, 2.45) is 0 Å². The molecule has 0 aliphatic heterocycles. The second kappa shape index (κ2) is 3.05. The second-order valence-corrected chi connectivity index (χ2v) is 2.90. The summed E-state index contributed by atoms with van der Waals surface area (Å²) in [6.07, 6.45) is -3.87. The summed E-state index contributed by atoms with van der Waals surface area (Å²) in [4.78, 5) is 3.06. The van der Waals surface area contributed by atoms with Gasteiger partial charge in [0.05, 0.1) is 0 Å². The van der Waals surface area contributed by atoms with E-state index in [4.69, 9.17) is 4.11 Å². The molecule has 0 fully saturated rings. The van der Waals surface area contributed by atoms with E-state index in [0.717, 1.165) is 0 Å². The molecule has 0 radical (unpaired) electrons. The lowest BCUT2D eigenvalue weighted by molar-refractivity contribution is -0.141. The van der Waals surface area contributed by atoms with E-state index in [0.29, 0.717) is 12.3 Å². The van der Waals surface area contributed by atoms with E-state index in [1.807, 2.05) is 0 Å². The van der Waals surface area contributed by atoms with E-state index < -0.39 is 18.7 Å². The Labute approximate surface area is 80.0 Å². The van der Waals surface area contributed by atoms with Crippen molar-refractivity contribution in [2.75, 3.05) is 0 Å². The smallest absolute Gasteiger partial charge is 0.251 e. The van der Waals surface area contributed by atoms with Crippen LogP contribution in [-0.2, 0) is 6.18 Å². The van der Waals surface area contributed by atoms with Crippen LogP contribution in [0, 0.1) is 6.85 Å². The number of alkyl halides is 3. The summed E-state index contributed by atoms with van der Waals surface area (Å²) in [5, 5.41) is 0. The summed E-state index contributed by atoms with van der Waals surface area (Å²) < 4.78 is 57.5. The normalized spacial score (nSPS) is 16.5. The van der Waals surface area contributed by atoms with Crippen LogP contribution in [0.1, 0.15) is 15.4 Å². The SMILES string of the molecule is [2H]C([2H])([2H])c1cnc(C(F)(F)F)cc1Br. The molecule has 5 heteroatoms. The molecular weight excluding hydrogens is 235 g/mol. The Morgan fingerprint density at radius 3 is 2.67 bits per heavy atom. The standard InChI is InChI=1S/C7H5BrF3N/c1-4-3-12-6(2-5(4)8)7(9,10)11/h2-3H,1H3/i1D3. The highest BCUT2D eigenvalue weighted by Gasteiger charge is 2.32. The fourth-order valence-corrected chi connectivity index (χ4v) is 0.905. The van der Waals surface area contributed by atoms with Crippen LogP contribution in [0.2, 0.25) is 0 Å². The van der Waals surface area contributed by atoms with Crippen molar-refractivity contribution in [3.05, 3.63) is 28.0 Å². The maximum Gasteiger partial charge on any atom is 0.433 e. The van der Waals surface area contributed by atoms with Gasteiger partial charge in [0.2, 0.25) is 0 Å². The van der Waals surface area contributed by atoms with Crippen molar-refractivity contribution in [2.45, 2.75) is 13.0 Å². The van der Waals surface area contributed by atoms with Crippen LogP contribution in [0.3, 0.4) is 0 Å². The lowest BCUT2D eigenvalue weighted by Crippen LogP contribution is -2.07. The van der Waals surface area contributed by atoms with Gasteiger partial charge in [-0.3, -0.25) is 4.98 Å². The van der Waals surface area contributed by atoms with Gasteiger partial charge in [0, 0.05) is 14.8 Å². The summed E-state index contributed by atoms with van der Waals surface area (Å²) in [6, 6.07) is 0.654. The van der Waals surface area contributed by atoms with Gasteiger partial charge in [-0.25, -0.2) is 0 Å².